The first-order valence-electron chi connectivity index (χ1n) is 5.81. The topological polar surface area (TPSA) is 40.5 Å². The van der Waals surface area contributed by atoms with Crippen molar-refractivity contribution in [2.24, 2.45) is 0 Å². The normalized spacial score (nSPS) is 19.7. The highest BCUT2D eigenvalue weighted by molar-refractivity contribution is 9.10. The lowest BCUT2D eigenvalue weighted by Crippen LogP contribution is -2.37. The molecule has 1 aliphatic heterocycles. The van der Waals surface area contributed by atoms with Crippen molar-refractivity contribution in [3.05, 3.63) is 33.8 Å². The number of rotatable bonds is 2. The summed E-state index contributed by atoms with van der Waals surface area (Å²) in [5.41, 5.74) is 1.75. The van der Waals surface area contributed by atoms with Gasteiger partial charge in [-0.1, -0.05) is 15.9 Å². The van der Waals surface area contributed by atoms with E-state index < -0.39 is 0 Å². The van der Waals surface area contributed by atoms with Crippen LogP contribution in [-0.2, 0) is 0 Å². The molecule has 1 amide bonds. The SMILES string of the molecule is Cc1cc(C(=O)N2CCC[C@@H]2CO)ccc1Br. The molecular formula is C13H16BrNO2. The largest absolute Gasteiger partial charge is 0.394 e. The molecule has 2 rings (SSSR count). The van der Waals surface area contributed by atoms with Gasteiger partial charge < -0.3 is 10.0 Å². The van der Waals surface area contributed by atoms with Gasteiger partial charge in [0, 0.05) is 16.6 Å². The molecule has 1 aromatic rings. The van der Waals surface area contributed by atoms with E-state index in [0.29, 0.717) is 5.56 Å². The van der Waals surface area contributed by atoms with E-state index in [1.54, 1.807) is 4.90 Å². The predicted molar refractivity (Wildman–Crippen MR) is 70.0 cm³/mol. The Hall–Kier alpha value is -0.870. The van der Waals surface area contributed by atoms with Crippen LogP contribution in [0.1, 0.15) is 28.8 Å². The van der Waals surface area contributed by atoms with Gasteiger partial charge in [0.1, 0.15) is 0 Å². The van der Waals surface area contributed by atoms with E-state index in [1.165, 1.54) is 0 Å². The summed E-state index contributed by atoms with van der Waals surface area (Å²) in [6.45, 7) is 2.77. The van der Waals surface area contributed by atoms with Crippen molar-refractivity contribution < 1.29 is 9.90 Å². The molecular weight excluding hydrogens is 282 g/mol. The number of carbonyl (C=O) groups is 1. The second kappa shape index (κ2) is 5.19. The van der Waals surface area contributed by atoms with Gasteiger partial charge in [-0.05, 0) is 43.5 Å². The lowest BCUT2D eigenvalue weighted by Gasteiger charge is -2.23. The maximum absolute atomic E-state index is 12.3. The van der Waals surface area contributed by atoms with Gasteiger partial charge in [-0.3, -0.25) is 4.79 Å². The standard InChI is InChI=1S/C13H16BrNO2/c1-9-7-10(4-5-12(9)14)13(17)15-6-2-3-11(15)8-16/h4-5,7,11,16H,2-3,6,8H2,1H3/t11-/m1/s1. The summed E-state index contributed by atoms with van der Waals surface area (Å²) < 4.78 is 1.01. The fraction of sp³-hybridized carbons (Fsp3) is 0.462. The summed E-state index contributed by atoms with van der Waals surface area (Å²) >= 11 is 3.42. The van der Waals surface area contributed by atoms with E-state index in [2.05, 4.69) is 15.9 Å². The third-order valence-corrected chi connectivity index (χ3v) is 4.14. The molecule has 4 heteroatoms. The van der Waals surface area contributed by atoms with Gasteiger partial charge >= 0.3 is 0 Å². The molecule has 1 heterocycles. The molecule has 3 nitrogen and oxygen atoms in total. The first-order valence-corrected chi connectivity index (χ1v) is 6.60. The van der Waals surface area contributed by atoms with Crippen LogP contribution in [-0.4, -0.2) is 35.1 Å². The molecule has 1 aliphatic rings. The first kappa shape index (κ1) is 12.6. The van der Waals surface area contributed by atoms with E-state index in [4.69, 9.17) is 0 Å². The van der Waals surface area contributed by atoms with E-state index >= 15 is 0 Å². The molecule has 1 aromatic carbocycles. The van der Waals surface area contributed by atoms with Crippen molar-refractivity contribution >= 4 is 21.8 Å². The lowest BCUT2D eigenvalue weighted by molar-refractivity contribution is 0.0677. The number of aliphatic hydroxyl groups is 1. The maximum Gasteiger partial charge on any atom is 0.254 e. The fourth-order valence-electron chi connectivity index (χ4n) is 2.24. The highest BCUT2D eigenvalue weighted by atomic mass is 79.9. The maximum atomic E-state index is 12.3. The third-order valence-electron chi connectivity index (χ3n) is 3.25. The Morgan fingerprint density at radius 3 is 3.00 bits per heavy atom. The Morgan fingerprint density at radius 2 is 2.35 bits per heavy atom. The number of benzene rings is 1. The highest BCUT2D eigenvalue weighted by Gasteiger charge is 2.28. The van der Waals surface area contributed by atoms with Gasteiger partial charge in [0.25, 0.3) is 5.91 Å². The molecule has 1 N–H and O–H groups in total. The van der Waals surface area contributed by atoms with E-state index in [0.717, 1.165) is 29.4 Å². The van der Waals surface area contributed by atoms with Gasteiger partial charge in [0.2, 0.25) is 0 Å². The van der Waals surface area contributed by atoms with Crippen LogP contribution >= 0.6 is 15.9 Å². The summed E-state index contributed by atoms with van der Waals surface area (Å²) in [7, 11) is 0. The number of aryl methyl sites for hydroxylation is 1. The van der Waals surface area contributed by atoms with Gasteiger partial charge in [-0.2, -0.15) is 0 Å². The second-order valence-electron chi connectivity index (χ2n) is 4.44. The van der Waals surface area contributed by atoms with Crippen molar-refractivity contribution in [2.45, 2.75) is 25.8 Å². The average Bonchev–Trinajstić information content (AvgIpc) is 2.80. The van der Waals surface area contributed by atoms with Crippen molar-refractivity contribution in [1.29, 1.82) is 0 Å². The van der Waals surface area contributed by atoms with Gasteiger partial charge in [-0.15, -0.1) is 0 Å². The quantitative estimate of drug-likeness (QED) is 0.910. The number of likely N-dealkylation sites (tertiary alicyclic amines) is 1. The van der Waals surface area contributed by atoms with Crippen molar-refractivity contribution in [1.82, 2.24) is 4.90 Å². The first-order chi connectivity index (χ1) is 8.13. The lowest BCUT2D eigenvalue weighted by atomic mass is 10.1. The minimum Gasteiger partial charge on any atom is -0.394 e. The number of hydrogen-bond donors (Lipinski definition) is 1. The minimum atomic E-state index is -0.00791. The molecule has 1 fully saturated rings. The molecule has 0 radical (unpaired) electrons. The monoisotopic (exact) mass is 297 g/mol. The summed E-state index contributed by atoms with van der Waals surface area (Å²) in [5, 5.41) is 9.23. The van der Waals surface area contributed by atoms with Crippen molar-refractivity contribution in [3.8, 4) is 0 Å². The van der Waals surface area contributed by atoms with Gasteiger partial charge in [-0.25, -0.2) is 0 Å². The van der Waals surface area contributed by atoms with E-state index in [9.17, 15) is 9.90 Å². The Balaban J connectivity index is 2.21. The van der Waals surface area contributed by atoms with Crippen LogP contribution in [0.2, 0.25) is 0 Å². The smallest absolute Gasteiger partial charge is 0.254 e. The zero-order chi connectivity index (χ0) is 12.4. The predicted octanol–water partition coefficient (Wildman–Crippen LogP) is 2.35. The van der Waals surface area contributed by atoms with Crippen LogP contribution in [0.15, 0.2) is 22.7 Å². The fourth-order valence-corrected chi connectivity index (χ4v) is 2.48. The number of hydrogen-bond acceptors (Lipinski definition) is 2. The number of carbonyl (C=O) groups excluding carboxylic acids is 1. The molecule has 92 valence electrons. The number of amides is 1. The van der Waals surface area contributed by atoms with Crippen LogP contribution in [0.4, 0.5) is 0 Å². The van der Waals surface area contributed by atoms with E-state index in [1.807, 2.05) is 25.1 Å². The van der Waals surface area contributed by atoms with Crippen LogP contribution in [0.3, 0.4) is 0 Å². The van der Waals surface area contributed by atoms with Crippen molar-refractivity contribution in [3.63, 3.8) is 0 Å². The Kier molecular flexibility index (Phi) is 3.84. The molecule has 1 atom stereocenters. The molecule has 1 saturated heterocycles. The summed E-state index contributed by atoms with van der Waals surface area (Å²) in [6, 6.07) is 5.60. The van der Waals surface area contributed by atoms with Gasteiger partial charge in [0.15, 0.2) is 0 Å². The average molecular weight is 298 g/mol. The Labute approximate surface area is 110 Å². The Bertz CT molecular complexity index is 433. The third kappa shape index (κ3) is 2.53. The van der Waals surface area contributed by atoms with Crippen LogP contribution in [0.25, 0.3) is 0 Å². The molecule has 0 aliphatic carbocycles. The van der Waals surface area contributed by atoms with Crippen LogP contribution in [0.5, 0.6) is 0 Å². The summed E-state index contributed by atoms with van der Waals surface area (Å²) in [5.74, 6) is 0.0251. The molecule has 0 saturated carbocycles. The van der Waals surface area contributed by atoms with Gasteiger partial charge in [0.05, 0.1) is 12.6 Å². The number of nitrogens with zero attached hydrogens (tertiary/aromatic N) is 1. The minimum absolute atomic E-state index is 0.00791. The zero-order valence-corrected chi connectivity index (χ0v) is 11.4. The summed E-state index contributed by atoms with van der Waals surface area (Å²) in [6.07, 6.45) is 1.88. The van der Waals surface area contributed by atoms with Crippen LogP contribution < -0.4 is 0 Å². The zero-order valence-electron chi connectivity index (χ0n) is 9.82. The highest BCUT2D eigenvalue weighted by Crippen LogP contribution is 2.22. The number of aliphatic hydroxyl groups excluding tert-OH is 1. The van der Waals surface area contributed by atoms with E-state index in [-0.39, 0.29) is 18.6 Å². The van der Waals surface area contributed by atoms with Crippen molar-refractivity contribution in [2.75, 3.05) is 13.2 Å². The molecule has 0 aromatic heterocycles. The molecule has 0 bridgehead atoms. The summed E-state index contributed by atoms with van der Waals surface area (Å²) in [4.78, 5) is 14.1. The van der Waals surface area contributed by atoms with Crippen LogP contribution in [0, 0.1) is 6.92 Å². The number of halogens is 1. The second-order valence-corrected chi connectivity index (χ2v) is 5.30. The molecule has 0 spiro atoms. The molecule has 0 unspecified atom stereocenters. The molecule has 17 heavy (non-hydrogen) atoms. The Morgan fingerprint density at radius 1 is 1.59 bits per heavy atom.